The number of nitrogens with zero attached hydrogens (tertiary/aromatic N) is 3. The Morgan fingerprint density at radius 3 is 2.81 bits per heavy atom. The summed E-state index contributed by atoms with van der Waals surface area (Å²) in [5, 5.41) is 7.77. The Bertz CT molecular complexity index is 1100. The van der Waals surface area contributed by atoms with Crippen LogP contribution in [0.4, 0.5) is 10.8 Å². The van der Waals surface area contributed by atoms with Gasteiger partial charge in [0.15, 0.2) is 11.7 Å². The van der Waals surface area contributed by atoms with E-state index in [1.165, 1.54) is 0 Å². The van der Waals surface area contributed by atoms with E-state index in [1.54, 1.807) is 17.6 Å². The number of amides is 1. The van der Waals surface area contributed by atoms with E-state index in [1.807, 2.05) is 55.5 Å². The first-order valence-electron chi connectivity index (χ1n) is 10.2. The molecule has 1 saturated heterocycles. The molecule has 0 atom stereocenters. The minimum Gasteiger partial charge on any atom is -0.386 e. The van der Waals surface area contributed by atoms with Crippen LogP contribution >= 0.6 is 27.3 Å². The highest BCUT2D eigenvalue weighted by Crippen LogP contribution is 2.32. The molecule has 0 saturated carbocycles. The van der Waals surface area contributed by atoms with Gasteiger partial charge in [-0.25, -0.2) is 4.98 Å². The third-order valence-corrected chi connectivity index (χ3v) is 6.79. The Labute approximate surface area is 199 Å². The fourth-order valence-electron chi connectivity index (χ4n) is 3.20. The molecule has 9 heteroatoms. The Hall–Kier alpha value is -2.75. The monoisotopic (exact) mass is 514 g/mol. The van der Waals surface area contributed by atoms with Gasteiger partial charge >= 0.3 is 0 Å². The van der Waals surface area contributed by atoms with E-state index in [9.17, 15) is 4.79 Å². The topological polar surface area (TPSA) is 76.0 Å². The minimum atomic E-state index is -0.273. The standard InChI is InChI=1S/C23H23BrN4O3S/c1-16-13-18(7-8-19(16)24)26-21(29)15-31-25-14-20-22(17-5-3-2-4-6-17)27-23(32-20)28-9-11-30-12-10-28/h2-8,13-14H,9-12,15H2,1H3,(H,26,29). The number of rotatable bonds is 7. The number of ether oxygens (including phenoxy) is 1. The number of halogens is 1. The smallest absolute Gasteiger partial charge is 0.265 e. The lowest BCUT2D eigenvalue weighted by atomic mass is 10.1. The molecule has 1 fully saturated rings. The van der Waals surface area contributed by atoms with E-state index in [2.05, 4.69) is 31.3 Å². The van der Waals surface area contributed by atoms with Crippen LogP contribution in [0, 0.1) is 6.92 Å². The number of hydrogen-bond acceptors (Lipinski definition) is 7. The largest absolute Gasteiger partial charge is 0.386 e. The summed E-state index contributed by atoms with van der Waals surface area (Å²) >= 11 is 5.00. The molecule has 0 spiro atoms. The number of anilines is 2. The molecule has 1 amide bonds. The summed E-state index contributed by atoms with van der Waals surface area (Å²) in [4.78, 5) is 25.4. The average Bonchev–Trinajstić information content (AvgIpc) is 3.25. The summed E-state index contributed by atoms with van der Waals surface area (Å²) in [6.45, 7) is 4.79. The molecule has 3 aromatic rings. The minimum absolute atomic E-state index is 0.179. The highest BCUT2D eigenvalue weighted by Gasteiger charge is 2.19. The van der Waals surface area contributed by atoms with E-state index in [0.29, 0.717) is 18.9 Å². The van der Waals surface area contributed by atoms with Gasteiger partial charge in [-0.2, -0.15) is 0 Å². The van der Waals surface area contributed by atoms with Gasteiger partial charge in [-0.3, -0.25) is 4.79 Å². The fraction of sp³-hybridized carbons (Fsp3) is 0.261. The SMILES string of the molecule is Cc1cc(NC(=O)CON=Cc2sc(N3CCOCC3)nc2-c2ccccc2)ccc1Br. The van der Waals surface area contributed by atoms with Gasteiger partial charge in [0.05, 0.1) is 30.0 Å². The second kappa shape index (κ2) is 10.7. The summed E-state index contributed by atoms with van der Waals surface area (Å²) in [7, 11) is 0. The van der Waals surface area contributed by atoms with Crippen molar-refractivity contribution in [2.45, 2.75) is 6.92 Å². The number of aromatic nitrogens is 1. The summed E-state index contributed by atoms with van der Waals surface area (Å²) in [6, 6.07) is 15.6. The Kier molecular flexibility index (Phi) is 7.51. The van der Waals surface area contributed by atoms with Crippen molar-refractivity contribution in [3.63, 3.8) is 0 Å². The third kappa shape index (κ3) is 5.73. The van der Waals surface area contributed by atoms with Gasteiger partial charge in [-0.1, -0.05) is 62.8 Å². The molecule has 1 aliphatic heterocycles. The van der Waals surface area contributed by atoms with E-state index >= 15 is 0 Å². The molecule has 2 aromatic carbocycles. The summed E-state index contributed by atoms with van der Waals surface area (Å²) in [6.07, 6.45) is 1.63. The third-order valence-electron chi connectivity index (χ3n) is 4.85. The van der Waals surface area contributed by atoms with Crippen molar-refractivity contribution in [1.29, 1.82) is 0 Å². The highest BCUT2D eigenvalue weighted by molar-refractivity contribution is 9.10. The molecular weight excluding hydrogens is 492 g/mol. The molecule has 1 aliphatic rings. The van der Waals surface area contributed by atoms with E-state index in [0.717, 1.165) is 44.4 Å². The molecule has 7 nitrogen and oxygen atoms in total. The zero-order chi connectivity index (χ0) is 22.3. The molecular formula is C23H23BrN4O3S. The van der Waals surface area contributed by atoms with Crippen LogP contribution in [0.5, 0.6) is 0 Å². The van der Waals surface area contributed by atoms with Crippen LogP contribution in [0.1, 0.15) is 10.4 Å². The highest BCUT2D eigenvalue weighted by atomic mass is 79.9. The van der Waals surface area contributed by atoms with Crippen LogP contribution in [0.25, 0.3) is 11.3 Å². The molecule has 0 radical (unpaired) electrons. The van der Waals surface area contributed by atoms with Crippen LogP contribution in [-0.4, -0.2) is 50.0 Å². The van der Waals surface area contributed by atoms with Gasteiger partial charge in [0.2, 0.25) is 0 Å². The van der Waals surface area contributed by atoms with Gasteiger partial charge in [0.1, 0.15) is 0 Å². The second-order valence-corrected chi connectivity index (χ2v) is 9.06. The van der Waals surface area contributed by atoms with Crippen LogP contribution in [0.2, 0.25) is 0 Å². The van der Waals surface area contributed by atoms with E-state index < -0.39 is 0 Å². The lowest BCUT2D eigenvalue weighted by Crippen LogP contribution is -2.36. The lowest BCUT2D eigenvalue weighted by molar-refractivity contribution is -0.120. The van der Waals surface area contributed by atoms with Crippen molar-refractivity contribution in [2.24, 2.45) is 5.16 Å². The zero-order valence-electron chi connectivity index (χ0n) is 17.6. The Balaban J connectivity index is 1.42. The Morgan fingerprint density at radius 2 is 2.06 bits per heavy atom. The maximum absolute atomic E-state index is 12.2. The number of hydrogen-bond donors (Lipinski definition) is 1. The molecule has 32 heavy (non-hydrogen) atoms. The average molecular weight is 515 g/mol. The summed E-state index contributed by atoms with van der Waals surface area (Å²) < 4.78 is 6.44. The molecule has 1 aromatic heterocycles. The van der Waals surface area contributed by atoms with Crippen molar-refractivity contribution in [1.82, 2.24) is 4.98 Å². The van der Waals surface area contributed by atoms with Crippen LogP contribution in [0.3, 0.4) is 0 Å². The van der Waals surface area contributed by atoms with Crippen molar-refractivity contribution < 1.29 is 14.4 Å². The number of oxime groups is 1. The quantitative estimate of drug-likeness (QED) is 0.365. The normalized spacial score (nSPS) is 14.0. The molecule has 0 bridgehead atoms. The van der Waals surface area contributed by atoms with Crippen molar-refractivity contribution in [2.75, 3.05) is 43.1 Å². The first-order valence-corrected chi connectivity index (χ1v) is 11.8. The van der Waals surface area contributed by atoms with Crippen LogP contribution in [-0.2, 0) is 14.4 Å². The van der Waals surface area contributed by atoms with Crippen molar-refractivity contribution in [3.05, 3.63) is 63.4 Å². The number of carbonyl (C=O) groups is 1. The number of aryl methyl sites for hydroxylation is 1. The first kappa shape index (κ1) is 22.4. The van der Waals surface area contributed by atoms with Gasteiger partial charge in [0, 0.05) is 28.8 Å². The van der Waals surface area contributed by atoms with Gasteiger partial charge < -0.3 is 19.8 Å². The number of nitrogens with one attached hydrogen (secondary N) is 1. The molecule has 166 valence electrons. The predicted molar refractivity (Wildman–Crippen MR) is 132 cm³/mol. The van der Waals surface area contributed by atoms with Crippen molar-refractivity contribution in [3.8, 4) is 11.3 Å². The fourth-order valence-corrected chi connectivity index (χ4v) is 4.45. The molecule has 4 rings (SSSR count). The van der Waals surface area contributed by atoms with Gasteiger partial charge in [0.25, 0.3) is 5.91 Å². The van der Waals surface area contributed by atoms with Gasteiger partial charge in [-0.15, -0.1) is 0 Å². The predicted octanol–water partition coefficient (Wildman–Crippen LogP) is 4.71. The first-order chi connectivity index (χ1) is 15.6. The Morgan fingerprint density at radius 1 is 1.28 bits per heavy atom. The van der Waals surface area contributed by atoms with E-state index in [4.69, 9.17) is 14.6 Å². The van der Waals surface area contributed by atoms with Gasteiger partial charge in [-0.05, 0) is 30.7 Å². The van der Waals surface area contributed by atoms with E-state index in [-0.39, 0.29) is 12.5 Å². The summed E-state index contributed by atoms with van der Waals surface area (Å²) in [5.41, 5.74) is 3.61. The number of benzene rings is 2. The maximum Gasteiger partial charge on any atom is 0.265 e. The number of morpholine rings is 1. The molecule has 0 unspecified atom stereocenters. The molecule has 0 aliphatic carbocycles. The second-order valence-electron chi connectivity index (χ2n) is 7.19. The summed E-state index contributed by atoms with van der Waals surface area (Å²) in [5.74, 6) is -0.273. The molecule has 2 heterocycles. The maximum atomic E-state index is 12.2. The van der Waals surface area contributed by atoms with Crippen LogP contribution < -0.4 is 10.2 Å². The lowest BCUT2D eigenvalue weighted by Gasteiger charge is -2.26. The number of carbonyl (C=O) groups excluding carboxylic acids is 1. The zero-order valence-corrected chi connectivity index (χ0v) is 20.0. The van der Waals surface area contributed by atoms with Crippen LogP contribution in [0.15, 0.2) is 58.2 Å². The van der Waals surface area contributed by atoms with Crippen molar-refractivity contribution >= 4 is 50.2 Å². The number of thiazole rings is 1. The molecule has 1 N–H and O–H groups in total.